The van der Waals surface area contributed by atoms with E-state index in [4.69, 9.17) is 0 Å². The zero-order valence-corrected chi connectivity index (χ0v) is 9.07. The number of carbonyl (C=O) groups is 1. The summed E-state index contributed by atoms with van der Waals surface area (Å²) in [5.74, 6) is 1.98. The standard InChI is InChI=1S/C11H16N4O/c16-11(14-9-4-5-13-15-9)10-8-3-1-2-7(8)6-12-10/h4-5,7-8,10,12H,1-3,6H2,(H2,13,14,15,16). The van der Waals surface area contributed by atoms with E-state index < -0.39 is 0 Å². The van der Waals surface area contributed by atoms with Gasteiger partial charge in [-0.3, -0.25) is 9.89 Å². The lowest BCUT2D eigenvalue weighted by Gasteiger charge is -2.16. The van der Waals surface area contributed by atoms with Gasteiger partial charge in [0.15, 0.2) is 0 Å². The smallest absolute Gasteiger partial charge is 0.242 e. The van der Waals surface area contributed by atoms with Gasteiger partial charge in [-0.2, -0.15) is 5.10 Å². The van der Waals surface area contributed by atoms with Crippen molar-refractivity contribution in [2.45, 2.75) is 25.3 Å². The molecule has 0 bridgehead atoms. The van der Waals surface area contributed by atoms with Crippen LogP contribution in [0.1, 0.15) is 19.3 Å². The van der Waals surface area contributed by atoms with Crippen LogP contribution in [0.5, 0.6) is 0 Å². The molecule has 3 N–H and O–H groups in total. The summed E-state index contributed by atoms with van der Waals surface area (Å²) < 4.78 is 0. The summed E-state index contributed by atoms with van der Waals surface area (Å²) in [5, 5.41) is 12.7. The van der Waals surface area contributed by atoms with Gasteiger partial charge in [-0.05, 0) is 31.2 Å². The number of aromatic amines is 1. The van der Waals surface area contributed by atoms with Gasteiger partial charge in [0, 0.05) is 6.07 Å². The minimum Gasteiger partial charge on any atom is -0.310 e. The number of hydrogen-bond acceptors (Lipinski definition) is 3. The van der Waals surface area contributed by atoms with E-state index >= 15 is 0 Å². The van der Waals surface area contributed by atoms with Gasteiger partial charge in [0.1, 0.15) is 5.82 Å². The van der Waals surface area contributed by atoms with Gasteiger partial charge in [0.25, 0.3) is 0 Å². The third-order valence-corrected chi connectivity index (χ3v) is 3.79. The Morgan fingerprint density at radius 1 is 1.50 bits per heavy atom. The molecule has 1 aromatic heterocycles. The minimum atomic E-state index is -0.0178. The molecule has 3 unspecified atom stereocenters. The van der Waals surface area contributed by atoms with Crippen LogP contribution in [0.3, 0.4) is 0 Å². The number of carbonyl (C=O) groups excluding carboxylic acids is 1. The largest absolute Gasteiger partial charge is 0.310 e. The van der Waals surface area contributed by atoms with Crippen molar-refractivity contribution < 1.29 is 4.79 Å². The molecule has 1 amide bonds. The van der Waals surface area contributed by atoms with Crippen LogP contribution in [0.15, 0.2) is 12.3 Å². The first-order valence-electron chi connectivity index (χ1n) is 5.88. The van der Waals surface area contributed by atoms with Gasteiger partial charge < -0.3 is 10.6 Å². The molecule has 1 saturated carbocycles. The molecule has 2 fully saturated rings. The fourth-order valence-corrected chi connectivity index (χ4v) is 3.01. The van der Waals surface area contributed by atoms with Gasteiger partial charge in [0.2, 0.25) is 5.91 Å². The van der Waals surface area contributed by atoms with Crippen LogP contribution in [0.4, 0.5) is 5.82 Å². The van der Waals surface area contributed by atoms with E-state index in [1.807, 2.05) is 0 Å². The lowest BCUT2D eigenvalue weighted by molar-refractivity contribution is -0.118. The summed E-state index contributed by atoms with van der Waals surface area (Å²) in [6.07, 6.45) is 5.35. The molecule has 0 spiro atoms. The lowest BCUT2D eigenvalue weighted by atomic mass is 9.94. The zero-order chi connectivity index (χ0) is 11.0. The second-order valence-electron chi connectivity index (χ2n) is 4.70. The van der Waals surface area contributed by atoms with Crippen molar-refractivity contribution in [1.82, 2.24) is 15.5 Å². The van der Waals surface area contributed by atoms with Crippen molar-refractivity contribution in [3.63, 3.8) is 0 Å². The Hall–Kier alpha value is -1.36. The van der Waals surface area contributed by atoms with Crippen LogP contribution in [0.2, 0.25) is 0 Å². The van der Waals surface area contributed by atoms with E-state index in [-0.39, 0.29) is 11.9 Å². The van der Waals surface area contributed by atoms with Crippen molar-refractivity contribution >= 4 is 11.7 Å². The van der Waals surface area contributed by atoms with E-state index in [0.29, 0.717) is 17.7 Å². The number of nitrogens with one attached hydrogen (secondary N) is 3. The molecule has 1 aliphatic carbocycles. The van der Waals surface area contributed by atoms with Gasteiger partial charge in [0.05, 0.1) is 12.2 Å². The summed E-state index contributed by atoms with van der Waals surface area (Å²) >= 11 is 0. The maximum atomic E-state index is 12.0. The van der Waals surface area contributed by atoms with Crippen LogP contribution < -0.4 is 10.6 Å². The normalized spacial score (nSPS) is 32.6. The van der Waals surface area contributed by atoms with Crippen molar-refractivity contribution in [2.24, 2.45) is 11.8 Å². The summed E-state index contributed by atoms with van der Waals surface area (Å²) in [4.78, 5) is 12.0. The second kappa shape index (κ2) is 3.90. The molecule has 1 aromatic rings. The first-order chi connectivity index (χ1) is 7.84. The molecule has 5 heteroatoms. The van der Waals surface area contributed by atoms with Gasteiger partial charge in [-0.15, -0.1) is 0 Å². The van der Waals surface area contributed by atoms with E-state index in [2.05, 4.69) is 20.8 Å². The Bertz CT molecular complexity index is 375. The zero-order valence-electron chi connectivity index (χ0n) is 9.07. The van der Waals surface area contributed by atoms with Crippen molar-refractivity contribution in [2.75, 3.05) is 11.9 Å². The summed E-state index contributed by atoms with van der Waals surface area (Å²) in [5.41, 5.74) is 0. The summed E-state index contributed by atoms with van der Waals surface area (Å²) in [6.45, 7) is 0.992. The van der Waals surface area contributed by atoms with Crippen LogP contribution in [-0.4, -0.2) is 28.7 Å². The molecule has 86 valence electrons. The predicted octanol–water partition coefficient (Wildman–Crippen LogP) is 0.736. The van der Waals surface area contributed by atoms with E-state index in [1.54, 1.807) is 12.3 Å². The molecular weight excluding hydrogens is 204 g/mol. The van der Waals surface area contributed by atoms with E-state index in [9.17, 15) is 4.79 Å². The average Bonchev–Trinajstić information content (AvgIpc) is 2.92. The lowest BCUT2D eigenvalue weighted by Crippen LogP contribution is -2.39. The number of anilines is 1. The first kappa shape index (κ1) is 9.84. The number of aromatic nitrogens is 2. The summed E-state index contributed by atoms with van der Waals surface area (Å²) in [7, 11) is 0. The van der Waals surface area contributed by atoms with Gasteiger partial charge >= 0.3 is 0 Å². The fraction of sp³-hybridized carbons (Fsp3) is 0.636. The molecule has 5 nitrogen and oxygen atoms in total. The molecular formula is C11H16N4O. The van der Waals surface area contributed by atoms with Crippen molar-refractivity contribution in [3.05, 3.63) is 12.3 Å². The fourth-order valence-electron chi connectivity index (χ4n) is 3.01. The maximum absolute atomic E-state index is 12.0. The SMILES string of the molecule is O=C(Nc1ccn[nH]1)C1NCC2CCCC21. The van der Waals surface area contributed by atoms with Crippen molar-refractivity contribution in [1.29, 1.82) is 0 Å². The maximum Gasteiger partial charge on any atom is 0.242 e. The Balaban J connectivity index is 1.67. The number of rotatable bonds is 2. The number of hydrogen-bond donors (Lipinski definition) is 3. The van der Waals surface area contributed by atoms with Gasteiger partial charge in [-0.25, -0.2) is 0 Å². The minimum absolute atomic E-state index is 0.0178. The van der Waals surface area contributed by atoms with E-state index in [1.165, 1.54) is 19.3 Å². The highest BCUT2D eigenvalue weighted by atomic mass is 16.2. The highest BCUT2D eigenvalue weighted by Crippen LogP contribution is 2.37. The Morgan fingerprint density at radius 2 is 2.44 bits per heavy atom. The molecule has 1 saturated heterocycles. The number of fused-ring (bicyclic) bond motifs is 1. The number of amides is 1. The van der Waals surface area contributed by atoms with Crippen molar-refractivity contribution in [3.8, 4) is 0 Å². The Kier molecular flexibility index (Phi) is 2.40. The molecule has 16 heavy (non-hydrogen) atoms. The van der Waals surface area contributed by atoms with Crippen LogP contribution >= 0.6 is 0 Å². The average molecular weight is 220 g/mol. The summed E-state index contributed by atoms with van der Waals surface area (Å²) in [6, 6.07) is 1.75. The first-order valence-corrected chi connectivity index (χ1v) is 5.88. The molecule has 3 atom stereocenters. The van der Waals surface area contributed by atoms with Crippen LogP contribution in [0, 0.1) is 11.8 Å². The highest BCUT2D eigenvalue weighted by Gasteiger charge is 2.42. The number of H-pyrrole nitrogens is 1. The third-order valence-electron chi connectivity index (χ3n) is 3.79. The highest BCUT2D eigenvalue weighted by molar-refractivity contribution is 5.94. The second-order valence-corrected chi connectivity index (χ2v) is 4.70. The molecule has 2 aliphatic rings. The van der Waals surface area contributed by atoms with E-state index in [0.717, 1.165) is 6.54 Å². The molecule has 0 radical (unpaired) electrons. The number of nitrogens with zero attached hydrogens (tertiary/aromatic N) is 1. The molecule has 2 heterocycles. The topological polar surface area (TPSA) is 69.8 Å². The Morgan fingerprint density at radius 3 is 3.25 bits per heavy atom. The monoisotopic (exact) mass is 220 g/mol. The quantitative estimate of drug-likeness (QED) is 0.688. The third kappa shape index (κ3) is 1.61. The molecule has 1 aliphatic heterocycles. The Labute approximate surface area is 94.0 Å². The predicted molar refractivity (Wildman–Crippen MR) is 59.8 cm³/mol. The van der Waals surface area contributed by atoms with Crippen LogP contribution in [0.25, 0.3) is 0 Å². The van der Waals surface area contributed by atoms with Crippen LogP contribution in [-0.2, 0) is 4.79 Å². The van der Waals surface area contributed by atoms with Gasteiger partial charge in [-0.1, -0.05) is 6.42 Å². The molecule has 0 aromatic carbocycles. The molecule has 3 rings (SSSR count).